The van der Waals surface area contributed by atoms with E-state index in [2.05, 4.69) is 15.2 Å². The molecule has 2 saturated heterocycles. The van der Waals surface area contributed by atoms with Crippen LogP contribution < -0.4 is 10.2 Å². The standard InChI is InChI=1S/C16H20ClF3N4O/c1-23-6-7-24(10-15(23)3-2-13(25)21-5-4-15)14-12(16(18,19)20)8-11(17)9-22-14/h8-9H,2-7,10H2,1H3,(H,21,25)/t15-/m0/s1. The molecule has 1 aromatic rings. The van der Waals surface area contributed by atoms with Crippen LogP contribution in [0.2, 0.25) is 5.02 Å². The van der Waals surface area contributed by atoms with Crippen LogP contribution in [0.25, 0.3) is 0 Å². The van der Waals surface area contributed by atoms with Gasteiger partial charge in [-0.15, -0.1) is 0 Å². The van der Waals surface area contributed by atoms with Gasteiger partial charge in [-0.25, -0.2) is 4.98 Å². The van der Waals surface area contributed by atoms with Gasteiger partial charge in [0.05, 0.1) is 10.6 Å². The Morgan fingerprint density at radius 3 is 2.80 bits per heavy atom. The highest BCUT2D eigenvalue weighted by Gasteiger charge is 2.43. The van der Waals surface area contributed by atoms with Crippen LogP contribution in [0.3, 0.4) is 0 Å². The van der Waals surface area contributed by atoms with E-state index in [0.29, 0.717) is 45.4 Å². The third-order valence-electron chi connectivity index (χ3n) is 5.17. The minimum absolute atomic E-state index is 0.0111. The molecule has 2 fully saturated rings. The highest BCUT2D eigenvalue weighted by atomic mass is 35.5. The monoisotopic (exact) mass is 376 g/mol. The van der Waals surface area contributed by atoms with Gasteiger partial charge in [-0.1, -0.05) is 11.6 Å². The van der Waals surface area contributed by atoms with Crippen molar-refractivity contribution in [3.8, 4) is 0 Å². The number of hydrogen-bond acceptors (Lipinski definition) is 4. The molecule has 0 saturated carbocycles. The minimum Gasteiger partial charge on any atom is -0.356 e. The van der Waals surface area contributed by atoms with Crippen molar-refractivity contribution in [2.45, 2.75) is 31.0 Å². The van der Waals surface area contributed by atoms with Crippen molar-refractivity contribution in [2.24, 2.45) is 0 Å². The summed E-state index contributed by atoms with van der Waals surface area (Å²) in [4.78, 5) is 19.5. The molecule has 3 heterocycles. The number of nitrogens with zero attached hydrogens (tertiary/aromatic N) is 3. The lowest BCUT2D eigenvalue weighted by Crippen LogP contribution is -2.61. The molecular formula is C16H20ClF3N4O. The van der Waals surface area contributed by atoms with Gasteiger partial charge in [0.15, 0.2) is 0 Å². The molecule has 0 radical (unpaired) electrons. The van der Waals surface area contributed by atoms with Gasteiger partial charge < -0.3 is 10.2 Å². The van der Waals surface area contributed by atoms with Crippen LogP contribution in [-0.2, 0) is 11.0 Å². The summed E-state index contributed by atoms with van der Waals surface area (Å²) in [5.41, 5.74) is -1.16. The van der Waals surface area contributed by atoms with Crippen LogP contribution in [0.15, 0.2) is 12.3 Å². The van der Waals surface area contributed by atoms with Gasteiger partial charge in [-0.3, -0.25) is 9.69 Å². The van der Waals surface area contributed by atoms with Crippen LogP contribution in [0.5, 0.6) is 0 Å². The average molecular weight is 377 g/mol. The fourth-order valence-electron chi connectivity index (χ4n) is 3.67. The Labute approximate surface area is 149 Å². The van der Waals surface area contributed by atoms with Crippen LogP contribution in [0.4, 0.5) is 19.0 Å². The second kappa shape index (κ2) is 6.64. The summed E-state index contributed by atoms with van der Waals surface area (Å²) in [6, 6.07) is 0.924. The number of hydrogen-bond donors (Lipinski definition) is 1. The molecule has 0 unspecified atom stereocenters. The molecule has 1 atom stereocenters. The number of amides is 1. The van der Waals surface area contributed by atoms with Gasteiger partial charge in [0, 0.05) is 44.3 Å². The zero-order valence-corrected chi connectivity index (χ0v) is 14.6. The second-order valence-corrected chi connectivity index (χ2v) is 7.13. The Morgan fingerprint density at radius 1 is 1.32 bits per heavy atom. The van der Waals surface area contributed by atoms with Gasteiger partial charge in [0.25, 0.3) is 0 Å². The van der Waals surface area contributed by atoms with Crippen molar-refractivity contribution in [1.82, 2.24) is 15.2 Å². The van der Waals surface area contributed by atoms with Crippen LogP contribution in [0.1, 0.15) is 24.8 Å². The first-order chi connectivity index (χ1) is 11.7. The lowest BCUT2D eigenvalue weighted by molar-refractivity contribution is -0.137. The number of likely N-dealkylation sites (N-methyl/N-ethyl adjacent to an activating group) is 1. The van der Waals surface area contributed by atoms with Crippen molar-refractivity contribution < 1.29 is 18.0 Å². The molecule has 3 rings (SSSR count). The average Bonchev–Trinajstić information content (AvgIpc) is 2.72. The maximum atomic E-state index is 13.4. The predicted molar refractivity (Wildman–Crippen MR) is 88.7 cm³/mol. The van der Waals surface area contributed by atoms with E-state index in [1.54, 1.807) is 4.90 Å². The van der Waals surface area contributed by atoms with Gasteiger partial charge in [-0.2, -0.15) is 13.2 Å². The number of carbonyl (C=O) groups excluding carboxylic acids is 1. The van der Waals surface area contributed by atoms with E-state index in [9.17, 15) is 18.0 Å². The summed E-state index contributed by atoms with van der Waals surface area (Å²) in [5.74, 6) is -0.101. The number of alkyl halides is 3. The van der Waals surface area contributed by atoms with Gasteiger partial charge >= 0.3 is 6.18 Å². The van der Waals surface area contributed by atoms with Gasteiger partial charge in [-0.05, 0) is 26.0 Å². The zero-order chi connectivity index (χ0) is 18.2. The SMILES string of the molecule is CN1CCN(c2ncc(Cl)cc2C(F)(F)F)C[C@]12CCNC(=O)CC2. The third kappa shape index (κ3) is 3.69. The van der Waals surface area contributed by atoms with E-state index in [-0.39, 0.29) is 22.3 Å². The fraction of sp³-hybridized carbons (Fsp3) is 0.625. The van der Waals surface area contributed by atoms with Crippen LogP contribution in [0, 0.1) is 0 Å². The topological polar surface area (TPSA) is 48.5 Å². The summed E-state index contributed by atoms with van der Waals surface area (Å²) in [5, 5.41) is 2.80. The number of halogens is 4. The van der Waals surface area contributed by atoms with E-state index in [4.69, 9.17) is 11.6 Å². The maximum Gasteiger partial charge on any atom is 0.420 e. The summed E-state index contributed by atoms with van der Waals surface area (Å²) >= 11 is 5.73. The summed E-state index contributed by atoms with van der Waals surface area (Å²) in [6.45, 7) is 1.97. The Hall–Kier alpha value is -1.54. The number of pyridine rings is 1. The molecule has 1 spiro atoms. The molecule has 2 aliphatic heterocycles. The molecule has 5 nitrogen and oxygen atoms in total. The molecule has 0 aliphatic carbocycles. The molecule has 1 aromatic heterocycles. The number of piperazine rings is 1. The number of anilines is 1. The largest absolute Gasteiger partial charge is 0.420 e. The smallest absolute Gasteiger partial charge is 0.356 e. The number of carbonyl (C=O) groups is 1. The number of aromatic nitrogens is 1. The van der Waals surface area contributed by atoms with Crippen molar-refractivity contribution in [3.05, 3.63) is 22.8 Å². The summed E-state index contributed by atoms with van der Waals surface area (Å²) in [6.07, 6.45) is -1.60. The molecular weight excluding hydrogens is 357 g/mol. The first kappa shape index (κ1) is 18.3. The Balaban J connectivity index is 1.93. The third-order valence-corrected chi connectivity index (χ3v) is 5.38. The fourth-order valence-corrected chi connectivity index (χ4v) is 3.83. The highest BCUT2D eigenvalue weighted by Crippen LogP contribution is 2.39. The van der Waals surface area contributed by atoms with Crippen molar-refractivity contribution in [2.75, 3.05) is 38.1 Å². The molecule has 138 valence electrons. The van der Waals surface area contributed by atoms with Crippen LogP contribution >= 0.6 is 11.6 Å². The number of rotatable bonds is 1. The number of nitrogens with one attached hydrogen (secondary N) is 1. The van der Waals surface area contributed by atoms with E-state index in [0.717, 1.165) is 6.07 Å². The summed E-state index contributed by atoms with van der Waals surface area (Å²) in [7, 11) is 1.97. The van der Waals surface area contributed by atoms with Crippen molar-refractivity contribution in [3.63, 3.8) is 0 Å². The Morgan fingerprint density at radius 2 is 2.08 bits per heavy atom. The van der Waals surface area contributed by atoms with Crippen molar-refractivity contribution in [1.29, 1.82) is 0 Å². The predicted octanol–water partition coefficient (Wildman–Crippen LogP) is 2.54. The lowest BCUT2D eigenvalue weighted by atomic mass is 9.86. The normalized spacial score (nSPS) is 25.8. The molecule has 2 aliphatic rings. The molecule has 9 heteroatoms. The van der Waals surface area contributed by atoms with E-state index in [1.165, 1.54) is 6.20 Å². The Bertz CT molecular complexity index is 669. The van der Waals surface area contributed by atoms with E-state index < -0.39 is 11.7 Å². The van der Waals surface area contributed by atoms with E-state index >= 15 is 0 Å². The van der Waals surface area contributed by atoms with Gasteiger partial charge in [0.1, 0.15) is 5.82 Å². The summed E-state index contributed by atoms with van der Waals surface area (Å²) < 4.78 is 40.3. The second-order valence-electron chi connectivity index (χ2n) is 6.69. The molecule has 0 bridgehead atoms. The minimum atomic E-state index is -4.52. The maximum absolute atomic E-state index is 13.4. The lowest BCUT2D eigenvalue weighted by Gasteiger charge is -2.49. The van der Waals surface area contributed by atoms with Crippen LogP contribution in [-0.4, -0.2) is 54.6 Å². The quantitative estimate of drug-likeness (QED) is 0.818. The molecule has 25 heavy (non-hydrogen) atoms. The van der Waals surface area contributed by atoms with E-state index in [1.807, 2.05) is 7.05 Å². The first-order valence-electron chi connectivity index (χ1n) is 8.17. The molecule has 1 N–H and O–H groups in total. The molecule has 1 amide bonds. The first-order valence-corrected chi connectivity index (χ1v) is 8.55. The highest BCUT2D eigenvalue weighted by molar-refractivity contribution is 6.30. The molecule has 0 aromatic carbocycles. The zero-order valence-electron chi connectivity index (χ0n) is 13.9. The van der Waals surface area contributed by atoms with Gasteiger partial charge in [0.2, 0.25) is 5.91 Å². The Kier molecular flexibility index (Phi) is 4.85. The van der Waals surface area contributed by atoms with Crippen molar-refractivity contribution >= 4 is 23.3 Å².